The monoisotopic (exact) mass is 1130 g/mol. The summed E-state index contributed by atoms with van der Waals surface area (Å²) in [7, 11) is 0. The van der Waals surface area contributed by atoms with E-state index in [0.717, 1.165) is 89.9 Å². The van der Waals surface area contributed by atoms with Crippen LogP contribution >= 0.6 is 0 Å². The first-order valence-electron chi connectivity index (χ1n) is 35.1. The van der Waals surface area contributed by atoms with Crippen molar-refractivity contribution in [3.63, 3.8) is 0 Å². The molecule has 0 radical (unpaired) electrons. The number of hydrogen-bond acceptors (Lipinski definition) is 6. The number of allylic oxidation sites excluding steroid dienone is 14. The molecule has 0 aromatic rings. The Balaban J connectivity index is 4.36. The lowest BCUT2D eigenvalue weighted by Crippen LogP contribution is -2.30. The fourth-order valence-electron chi connectivity index (χ4n) is 10.2. The fraction of sp³-hybridized carbons (Fsp3) is 0.773. The highest BCUT2D eigenvalue weighted by Crippen LogP contribution is 2.18. The summed E-state index contributed by atoms with van der Waals surface area (Å²) in [5.74, 6) is -0.935. The molecule has 0 N–H and O–H groups in total. The van der Waals surface area contributed by atoms with E-state index in [2.05, 4.69) is 106 Å². The maximum atomic E-state index is 12.9. The van der Waals surface area contributed by atoms with Gasteiger partial charge in [0.15, 0.2) is 6.10 Å². The molecule has 0 bridgehead atoms. The summed E-state index contributed by atoms with van der Waals surface area (Å²) >= 11 is 0. The summed E-state index contributed by atoms with van der Waals surface area (Å²) in [6.45, 7) is 6.54. The molecule has 0 aliphatic heterocycles. The molecule has 0 rings (SSSR count). The molecule has 6 nitrogen and oxygen atoms in total. The van der Waals surface area contributed by atoms with E-state index in [0.29, 0.717) is 19.3 Å². The van der Waals surface area contributed by atoms with Crippen LogP contribution in [0.15, 0.2) is 85.1 Å². The quantitative estimate of drug-likeness (QED) is 0.0261. The third kappa shape index (κ3) is 67.3. The van der Waals surface area contributed by atoms with Gasteiger partial charge in [0.2, 0.25) is 0 Å². The van der Waals surface area contributed by atoms with E-state index >= 15 is 0 Å². The Labute approximate surface area is 503 Å². The number of ether oxygens (including phenoxy) is 3. The Morgan fingerprint density at radius 2 is 0.481 bits per heavy atom. The van der Waals surface area contributed by atoms with Crippen LogP contribution in [0, 0.1) is 0 Å². The molecule has 1 unspecified atom stereocenters. The van der Waals surface area contributed by atoms with Crippen LogP contribution in [0.5, 0.6) is 0 Å². The topological polar surface area (TPSA) is 78.9 Å². The van der Waals surface area contributed by atoms with Gasteiger partial charge in [-0.05, 0) is 70.6 Å². The summed E-state index contributed by atoms with van der Waals surface area (Å²) in [6.07, 6.45) is 91.9. The molecular weight excluding hydrogens is 997 g/mol. The molecule has 0 aliphatic carbocycles. The first kappa shape index (κ1) is 77.6. The second kappa shape index (κ2) is 69.1. The zero-order valence-corrected chi connectivity index (χ0v) is 53.8. The van der Waals surface area contributed by atoms with Crippen LogP contribution in [-0.2, 0) is 28.6 Å². The van der Waals surface area contributed by atoms with Crippen LogP contribution in [0.1, 0.15) is 355 Å². The van der Waals surface area contributed by atoms with Crippen molar-refractivity contribution >= 4 is 17.9 Å². The maximum Gasteiger partial charge on any atom is 0.306 e. The molecule has 6 heteroatoms. The minimum atomic E-state index is -0.806. The van der Waals surface area contributed by atoms with Crippen molar-refractivity contribution in [3.8, 4) is 0 Å². The van der Waals surface area contributed by atoms with Gasteiger partial charge >= 0.3 is 17.9 Å². The molecule has 0 aromatic heterocycles. The van der Waals surface area contributed by atoms with E-state index in [9.17, 15) is 14.4 Å². The Morgan fingerprint density at radius 3 is 0.741 bits per heavy atom. The first-order valence-corrected chi connectivity index (χ1v) is 35.1. The van der Waals surface area contributed by atoms with Crippen molar-refractivity contribution in [2.75, 3.05) is 13.2 Å². The SMILES string of the molecule is CC/C=C\C/C=C\C/C=C\C/C=C\C/C=C\C/C=C\C/C=C\CCCC(=O)OC(COC(=O)CCCCCCCCCCCCCCCC)COC(=O)CCCCCCCCCCCCCCCCCCCCCCCCCCCC. The molecule has 0 saturated heterocycles. The smallest absolute Gasteiger partial charge is 0.306 e. The fourth-order valence-corrected chi connectivity index (χ4v) is 10.2. The molecule has 0 aliphatic rings. The zero-order valence-electron chi connectivity index (χ0n) is 53.8. The van der Waals surface area contributed by atoms with Crippen LogP contribution in [0.2, 0.25) is 0 Å². The van der Waals surface area contributed by atoms with Gasteiger partial charge in [-0.2, -0.15) is 0 Å². The molecule has 0 fully saturated rings. The molecule has 81 heavy (non-hydrogen) atoms. The first-order chi connectivity index (χ1) is 40.0. The highest BCUT2D eigenvalue weighted by atomic mass is 16.6. The Hall–Kier alpha value is -3.41. The second-order valence-electron chi connectivity index (χ2n) is 23.4. The summed E-state index contributed by atoms with van der Waals surface area (Å²) < 4.78 is 16.9. The third-order valence-electron chi connectivity index (χ3n) is 15.4. The van der Waals surface area contributed by atoms with Gasteiger partial charge in [0.1, 0.15) is 13.2 Å². The Kier molecular flexibility index (Phi) is 66.2. The van der Waals surface area contributed by atoms with E-state index in [1.807, 2.05) is 0 Å². The normalized spacial score (nSPS) is 12.6. The van der Waals surface area contributed by atoms with E-state index in [-0.39, 0.29) is 37.5 Å². The predicted octanol–water partition coefficient (Wildman–Crippen LogP) is 24.2. The molecule has 1 atom stereocenters. The average molecular weight is 1130 g/mol. The van der Waals surface area contributed by atoms with Gasteiger partial charge in [0.25, 0.3) is 0 Å². The van der Waals surface area contributed by atoms with Crippen molar-refractivity contribution in [2.24, 2.45) is 0 Å². The zero-order chi connectivity index (χ0) is 58.5. The molecule has 0 saturated carbocycles. The molecule has 0 amide bonds. The lowest BCUT2D eigenvalue weighted by molar-refractivity contribution is -0.167. The number of hydrogen-bond donors (Lipinski definition) is 0. The van der Waals surface area contributed by atoms with E-state index in [1.165, 1.54) is 218 Å². The van der Waals surface area contributed by atoms with Crippen LogP contribution < -0.4 is 0 Å². The molecule has 0 aromatic carbocycles. The molecule has 468 valence electrons. The summed E-state index contributed by atoms with van der Waals surface area (Å²) in [4.78, 5) is 38.4. The highest BCUT2D eigenvalue weighted by molar-refractivity contribution is 5.71. The van der Waals surface area contributed by atoms with Gasteiger partial charge in [0.05, 0.1) is 0 Å². The van der Waals surface area contributed by atoms with Gasteiger partial charge in [-0.1, -0.05) is 350 Å². The highest BCUT2D eigenvalue weighted by Gasteiger charge is 2.19. The number of unbranched alkanes of at least 4 members (excludes halogenated alkanes) is 39. The van der Waals surface area contributed by atoms with E-state index < -0.39 is 6.10 Å². The van der Waals surface area contributed by atoms with Crippen molar-refractivity contribution in [2.45, 2.75) is 361 Å². The molecule has 0 heterocycles. The minimum absolute atomic E-state index is 0.0952. The van der Waals surface area contributed by atoms with Crippen molar-refractivity contribution in [3.05, 3.63) is 85.1 Å². The van der Waals surface area contributed by atoms with Crippen LogP contribution in [0.25, 0.3) is 0 Å². The van der Waals surface area contributed by atoms with E-state index in [1.54, 1.807) is 0 Å². The standard InChI is InChI=1S/C75H132O6/c1-4-7-10-13-16-19-22-25-28-30-32-34-36-37-38-40-41-43-45-47-50-53-56-59-62-65-68-74(77)80-71-72(70-79-73(76)67-64-61-58-55-52-49-27-24-21-18-15-12-9-6-3)81-75(78)69-66-63-60-57-54-51-48-46-44-42-39-35-33-31-29-26-23-20-17-14-11-8-5-2/h8,11,17,20,26,29,33,35,42,44,48,51,57,60,72H,4-7,9-10,12-16,18-19,21-25,27-28,30-32,34,36-41,43,45-47,49-50,52-56,58-59,61-71H2,1-3H3/b11-8-,20-17-,29-26-,35-33-,44-42-,51-48-,60-57-. The lowest BCUT2D eigenvalue weighted by Gasteiger charge is -2.18. The number of carbonyl (C=O) groups excluding carboxylic acids is 3. The largest absolute Gasteiger partial charge is 0.462 e. The lowest BCUT2D eigenvalue weighted by atomic mass is 10.0. The van der Waals surface area contributed by atoms with Gasteiger partial charge in [-0.3, -0.25) is 14.4 Å². The molecular formula is C75H132O6. The Bertz CT molecular complexity index is 1530. The average Bonchev–Trinajstić information content (AvgIpc) is 3.47. The van der Waals surface area contributed by atoms with Gasteiger partial charge in [-0.15, -0.1) is 0 Å². The predicted molar refractivity (Wildman–Crippen MR) is 353 cm³/mol. The second-order valence-corrected chi connectivity index (χ2v) is 23.4. The van der Waals surface area contributed by atoms with Gasteiger partial charge in [0, 0.05) is 19.3 Å². The van der Waals surface area contributed by atoms with E-state index in [4.69, 9.17) is 14.2 Å². The van der Waals surface area contributed by atoms with Crippen LogP contribution in [-0.4, -0.2) is 37.2 Å². The molecule has 0 spiro atoms. The number of esters is 3. The van der Waals surface area contributed by atoms with Gasteiger partial charge < -0.3 is 14.2 Å². The van der Waals surface area contributed by atoms with Crippen molar-refractivity contribution in [1.29, 1.82) is 0 Å². The van der Waals surface area contributed by atoms with Crippen LogP contribution in [0.3, 0.4) is 0 Å². The van der Waals surface area contributed by atoms with Crippen molar-refractivity contribution in [1.82, 2.24) is 0 Å². The Morgan fingerprint density at radius 1 is 0.259 bits per heavy atom. The summed E-state index contributed by atoms with van der Waals surface area (Å²) in [5.41, 5.74) is 0. The summed E-state index contributed by atoms with van der Waals surface area (Å²) in [5, 5.41) is 0. The third-order valence-corrected chi connectivity index (χ3v) is 15.4. The number of rotatable bonds is 64. The van der Waals surface area contributed by atoms with Crippen LogP contribution in [0.4, 0.5) is 0 Å². The minimum Gasteiger partial charge on any atom is -0.462 e. The maximum absolute atomic E-state index is 12.9. The number of carbonyl (C=O) groups is 3. The van der Waals surface area contributed by atoms with Gasteiger partial charge in [-0.25, -0.2) is 0 Å². The van der Waals surface area contributed by atoms with Crippen molar-refractivity contribution < 1.29 is 28.6 Å². The summed E-state index contributed by atoms with van der Waals surface area (Å²) in [6, 6.07) is 0.